The number of carbonyl (C=O) groups is 1. The second-order valence-electron chi connectivity index (χ2n) is 9.25. The number of methoxy groups -OCH3 is 2. The van der Waals surface area contributed by atoms with Crippen molar-refractivity contribution >= 4 is 69.2 Å². The molecule has 11 heteroatoms. The summed E-state index contributed by atoms with van der Waals surface area (Å²) in [5.74, 6) is 0.450. The standard InChI is InChI=1S/C31H25Cl2IN2O5S/c1-4-23-26(30(38)40-3)27(17-8-6-5-7-9-17)36-29(37)25(42-31(36)35-23)13-19-12-21(34)15-24(39-2)28(19)41-16-18-10-11-20(32)14-22(18)33/h5-15,27H,4,16H2,1-3H3/b25-13+/t27-/m1/s1. The van der Waals surface area contributed by atoms with Crippen molar-refractivity contribution < 1.29 is 19.0 Å². The number of halogens is 3. The van der Waals surface area contributed by atoms with Crippen LogP contribution < -0.4 is 24.4 Å². The van der Waals surface area contributed by atoms with Gasteiger partial charge < -0.3 is 14.2 Å². The molecule has 0 saturated heterocycles. The van der Waals surface area contributed by atoms with Crippen molar-refractivity contribution in [3.63, 3.8) is 0 Å². The zero-order valence-electron chi connectivity index (χ0n) is 22.8. The number of hydrogen-bond donors (Lipinski definition) is 0. The minimum atomic E-state index is -0.680. The van der Waals surface area contributed by atoms with E-state index in [1.165, 1.54) is 18.4 Å². The van der Waals surface area contributed by atoms with E-state index in [0.29, 0.717) is 54.1 Å². The second kappa shape index (κ2) is 13.0. The number of carbonyl (C=O) groups excluding carboxylic acids is 1. The molecule has 1 aliphatic heterocycles. The van der Waals surface area contributed by atoms with E-state index in [0.717, 1.165) is 14.7 Å². The fraction of sp³-hybridized carbons (Fsp3) is 0.194. The quantitative estimate of drug-likeness (QED) is 0.157. The van der Waals surface area contributed by atoms with Gasteiger partial charge in [0.05, 0.1) is 36.1 Å². The zero-order valence-corrected chi connectivity index (χ0v) is 27.3. The van der Waals surface area contributed by atoms with Crippen LogP contribution in [0.25, 0.3) is 6.08 Å². The van der Waals surface area contributed by atoms with Crippen molar-refractivity contribution in [2.45, 2.75) is 26.0 Å². The Hall–Kier alpha value is -3.12. The number of hydrogen-bond acceptors (Lipinski definition) is 7. The molecular weight excluding hydrogens is 710 g/mol. The number of esters is 1. The third-order valence-electron chi connectivity index (χ3n) is 6.71. The normalized spacial score (nSPS) is 14.8. The second-order valence-corrected chi connectivity index (χ2v) is 12.3. The molecule has 42 heavy (non-hydrogen) atoms. The monoisotopic (exact) mass is 734 g/mol. The number of aromatic nitrogens is 1. The summed E-state index contributed by atoms with van der Waals surface area (Å²) in [5.41, 5.74) is 2.83. The lowest BCUT2D eigenvalue weighted by Crippen LogP contribution is -2.40. The molecule has 1 aliphatic rings. The molecular formula is C31H25Cl2IN2O5S. The number of nitrogens with zero attached hydrogens (tertiary/aromatic N) is 2. The summed E-state index contributed by atoms with van der Waals surface area (Å²) < 4.78 is 19.9. The first-order valence-corrected chi connectivity index (χ1v) is 15.5. The van der Waals surface area contributed by atoms with Gasteiger partial charge in [-0.3, -0.25) is 9.36 Å². The predicted octanol–water partition coefficient (Wildman–Crippen LogP) is 6.30. The Morgan fingerprint density at radius 2 is 1.88 bits per heavy atom. The zero-order chi connectivity index (χ0) is 30.0. The average Bonchev–Trinajstić information content (AvgIpc) is 3.30. The Morgan fingerprint density at radius 3 is 2.55 bits per heavy atom. The van der Waals surface area contributed by atoms with Crippen LogP contribution in [0.15, 0.2) is 81.7 Å². The summed E-state index contributed by atoms with van der Waals surface area (Å²) in [6, 6.07) is 17.7. The predicted molar refractivity (Wildman–Crippen MR) is 173 cm³/mol. The summed E-state index contributed by atoms with van der Waals surface area (Å²) in [6.07, 6.45) is 2.26. The van der Waals surface area contributed by atoms with Gasteiger partial charge in [-0.1, -0.05) is 77.9 Å². The highest BCUT2D eigenvalue weighted by atomic mass is 127. The number of allylic oxidation sites excluding steroid dienone is 1. The van der Waals surface area contributed by atoms with Gasteiger partial charge in [-0.25, -0.2) is 9.79 Å². The molecule has 1 atom stereocenters. The smallest absolute Gasteiger partial charge is 0.338 e. The molecule has 0 saturated carbocycles. The topological polar surface area (TPSA) is 79.1 Å². The van der Waals surface area contributed by atoms with Crippen LogP contribution in [0.1, 0.15) is 36.1 Å². The highest BCUT2D eigenvalue weighted by Crippen LogP contribution is 2.36. The number of rotatable bonds is 8. The summed E-state index contributed by atoms with van der Waals surface area (Å²) in [6.45, 7) is 2.08. The van der Waals surface area contributed by atoms with Gasteiger partial charge in [-0.2, -0.15) is 0 Å². The van der Waals surface area contributed by atoms with Gasteiger partial charge >= 0.3 is 5.97 Å². The van der Waals surface area contributed by atoms with Gasteiger partial charge in [0.1, 0.15) is 6.61 Å². The third kappa shape index (κ3) is 6.01. The molecule has 1 aromatic heterocycles. The maximum absolute atomic E-state index is 14.1. The van der Waals surface area contributed by atoms with E-state index in [1.807, 2.05) is 49.4 Å². The molecule has 0 amide bonds. The third-order valence-corrected chi connectivity index (χ3v) is 8.90. The lowest BCUT2D eigenvalue weighted by Gasteiger charge is -2.25. The van der Waals surface area contributed by atoms with E-state index < -0.39 is 12.0 Å². The van der Waals surface area contributed by atoms with Crippen molar-refractivity contribution in [3.8, 4) is 11.5 Å². The molecule has 4 aromatic rings. The van der Waals surface area contributed by atoms with E-state index >= 15 is 0 Å². The van der Waals surface area contributed by atoms with Crippen LogP contribution in [0.5, 0.6) is 11.5 Å². The minimum Gasteiger partial charge on any atom is -0.493 e. The Balaban J connectivity index is 1.68. The minimum absolute atomic E-state index is 0.158. The van der Waals surface area contributed by atoms with Crippen LogP contribution in [0, 0.1) is 3.57 Å². The SMILES string of the molecule is CCC1=C(C(=O)OC)[C@@H](c2ccccc2)n2c(s/c(=C/c3cc(I)cc(OC)c3OCc3ccc(Cl)cc3Cl)c2=O)=N1. The molecule has 0 spiro atoms. The van der Waals surface area contributed by atoms with E-state index in [1.54, 1.807) is 36.0 Å². The summed E-state index contributed by atoms with van der Waals surface area (Å²) in [7, 11) is 2.89. The van der Waals surface area contributed by atoms with E-state index in [4.69, 9.17) is 42.4 Å². The number of ether oxygens (including phenoxy) is 3. The largest absolute Gasteiger partial charge is 0.493 e. The van der Waals surface area contributed by atoms with Crippen LogP contribution in [0.4, 0.5) is 0 Å². The van der Waals surface area contributed by atoms with Gasteiger partial charge in [0.2, 0.25) is 0 Å². The van der Waals surface area contributed by atoms with Crippen LogP contribution in [-0.2, 0) is 16.1 Å². The molecule has 7 nitrogen and oxygen atoms in total. The Morgan fingerprint density at radius 1 is 1.12 bits per heavy atom. The summed E-state index contributed by atoms with van der Waals surface area (Å²) >= 11 is 15.9. The number of fused-ring (bicyclic) bond motifs is 1. The van der Waals surface area contributed by atoms with Gasteiger partial charge in [-0.05, 0) is 64.9 Å². The van der Waals surface area contributed by atoms with Crippen LogP contribution in [0.2, 0.25) is 10.0 Å². The van der Waals surface area contributed by atoms with Gasteiger partial charge in [-0.15, -0.1) is 0 Å². The van der Waals surface area contributed by atoms with Gasteiger partial charge in [0.25, 0.3) is 5.56 Å². The fourth-order valence-electron chi connectivity index (χ4n) is 4.75. The van der Waals surface area contributed by atoms with Gasteiger partial charge in [0, 0.05) is 24.7 Å². The molecule has 0 fully saturated rings. The number of thiazole rings is 1. The van der Waals surface area contributed by atoms with E-state index in [9.17, 15) is 9.59 Å². The van der Waals surface area contributed by atoms with Crippen LogP contribution in [0.3, 0.4) is 0 Å². The molecule has 0 N–H and O–H groups in total. The summed E-state index contributed by atoms with van der Waals surface area (Å²) in [5, 5.41) is 1.01. The lowest BCUT2D eigenvalue weighted by atomic mass is 9.95. The molecule has 216 valence electrons. The van der Waals surface area contributed by atoms with E-state index in [-0.39, 0.29) is 12.2 Å². The Kier molecular flexibility index (Phi) is 9.41. The lowest BCUT2D eigenvalue weighted by molar-refractivity contribution is -0.136. The molecule has 0 aliphatic carbocycles. The molecule has 0 unspecified atom stereocenters. The maximum Gasteiger partial charge on any atom is 0.338 e. The van der Waals surface area contributed by atoms with E-state index in [2.05, 4.69) is 22.6 Å². The molecule has 3 aromatic carbocycles. The molecule has 2 heterocycles. The first kappa shape index (κ1) is 30.3. The van der Waals surface area contributed by atoms with Crippen LogP contribution in [-0.4, -0.2) is 24.8 Å². The molecule has 0 bridgehead atoms. The van der Waals surface area contributed by atoms with Crippen molar-refractivity contribution in [2.75, 3.05) is 14.2 Å². The molecule has 0 radical (unpaired) electrons. The highest BCUT2D eigenvalue weighted by Gasteiger charge is 2.33. The van der Waals surface area contributed by atoms with Crippen molar-refractivity contribution in [1.29, 1.82) is 0 Å². The van der Waals surface area contributed by atoms with Gasteiger partial charge in [0.15, 0.2) is 16.3 Å². The van der Waals surface area contributed by atoms with Crippen LogP contribution >= 0.6 is 57.1 Å². The number of benzene rings is 3. The van der Waals surface area contributed by atoms with Crippen molar-refractivity contribution in [3.05, 3.63) is 122 Å². The fourth-order valence-corrected chi connectivity index (χ4v) is 6.84. The summed E-state index contributed by atoms with van der Waals surface area (Å²) in [4.78, 5) is 32.3. The van der Waals surface area contributed by atoms with Crippen molar-refractivity contribution in [1.82, 2.24) is 4.57 Å². The van der Waals surface area contributed by atoms with Crippen molar-refractivity contribution in [2.24, 2.45) is 4.99 Å². The first-order valence-electron chi connectivity index (χ1n) is 12.9. The highest BCUT2D eigenvalue weighted by molar-refractivity contribution is 14.1. The Labute approximate surface area is 269 Å². The maximum atomic E-state index is 14.1. The Bertz CT molecular complexity index is 1890. The molecule has 5 rings (SSSR count). The first-order chi connectivity index (χ1) is 20.2. The average molecular weight is 735 g/mol.